The Bertz CT molecular complexity index is 1510. The van der Waals surface area contributed by atoms with Crippen LogP contribution in [0.1, 0.15) is 36.7 Å². The average Bonchev–Trinajstić information content (AvgIpc) is 3.31. The number of nitrogens with one attached hydrogen (secondary N) is 1. The normalized spacial score (nSPS) is 11.5. The molecule has 8 heteroatoms. The molecule has 0 radical (unpaired) electrons. The summed E-state index contributed by atoms with van der Waals surface area (Å²) in [6.45, 7) is 6.57. The van der Waals surface area contributed by atoms with E-state index in [1.54, 1.807) is 15.4 Å². The second-order valence-electron chi connectivity index (χ2n) is 8.49. The fourth-order valence-corrected chi connectivity index (χ4v) is 4.13. The van der Waals surface area contributed by atoms with E-state index >= 15 is 0 Å². The molecule has 3 heterocycles. The zero-order chi connectivity index (χ0) is 23.1. The van der Waals surface area contributed by atoms with Crippen LogP contribution in [-0.2, 0) is 13.6 Å². The van der Waals surface area contributed by atoms with E-state index in [0.717, 1.165) is 28.3 Å². The predicted octanol–water partition coefficient (Wildman–Crippen LogP) is 4.06. The first-order valence-electron chi connectivity index (χ1n) is 10.9. The van der Waals surface area contributed by atoms with Crippen LogP contribution in [0.25, 0.3) is 33.9 Å². The second-order valence-corrected chi connectivity index (χ2v) is 8.49. The molecule has 0 saturated carbocycles. The van der Waals surface area contributed by atoms with Crippen LogP contribution in [0.15, 0.2) is 59.5 Å². The number of fused-ring (bicyclic) bond motifs is 1. The maximum absolute atomic E-state index is 12.7. The minimum Gasteiger partial charge on any atom is -0.303 e. The van der Waals surface area contributed by atoms with Gasteiger partial charge in [-0.2, -0.15) is 5.10 Å². The highest BCUT2D eigenvalue weighted by Gasteiger charge is 2.15. The number of hydrogen-bond donors (Lipinski definition) is 1. The topological polar surface area (TPSA) is 94.3 Å². The van der Waals surface area contributed by atoms with E-state index in [1.807, 2.05) is 56.4 Å². The molecule has 0 aliphatic rings. The Morgan fingerprint density at radius 3 is 2.48 bits per heavy atom. The number of rotatable bonds is 5. The summed E-state index contributed by atoms with van der Waals surface area (Å²) in [5.74, 6) is 2.50. The fraction of sp³-hybridized carbons (Fsp3) is 0.240. The first kappa shape index (κ1) is 20.8. The summed E-state index contributed by atoms with van der Waals surface area (Å²) in [4.78, 5) is 29.4. The quantitative estimate of drug-likeness (QED) is 0.446. The molecule has 0 saturated heterocycles. The van der Waals surface area contributed by atoms with Crippen molar-refractivity contribution in [2.75, 3.05) is 0 Å². The first-order chi connectivity index (χ1) is 15.9. The summed E-state index contributed by atoms with van der Waals surface area (Å²) in [5.41, 5.74) is 5.13. The lowest BCUT2D eigenvalue weighted by molar-refractivity contribution is 0.763. The lowest BCUT2D eigenvalue weighted by Gasteiger charge is -2.11. The molecule has 8 nitrogen and oxygen atoms in total. The van der Waals surface area contributed by atoms with Crippen LogP contribution in [0.4, 0.5) is 0 Å². The van der Waals surface area contributed by atoms with Gasteiger partial charge in [-0.05, 0) is 24.0 Å². The number of hydrogen-bond acceptors (Lipinski definition) is 5. The highest BCUT2D eigenvalue weighted by molar-refractivity contribution is 5.73. The molecule has 0 amide bonds. The van der Waals surface area contributed by atoms with Crippen LogP contribution in [0, 0.1) is 6.92 Å². The van der Waals surface area contributed by atoms with Crippen molar-refractivity contribution in [3.8, 4) is 22.8 Å². The van der Waals surface area contributed by atoms with Gasteiger partial charge in [0.15, 0.2) is 17.3 Å². The van der Waals surface area contributed by atoms with Crippen LogP contribution in [0.2, 0.25) is 0 Å². The number of aromatic amines is 1. The van der Waals surface area contributed by atoms with Crippen molar-refractivity contribution in [1.82, 2.24) is 34.3 Å². The van der Waals surface area contributed by atoms with Crippen LogP contribution in [-0.4, -0.2) is 34.3 Å². The fourth-order valence-electron chi connectivity index (χ4n) is 4.13. The van der Waals surface area contributed by atoms with Crippen molar-refractivity contribution in [1.29, 1.82) is 0 Å². The van der Waals surface area contributed by atoms with Gasteiger partial charge < -0.3 is 4.98 Å². The Balaban J connectivity index is 1.51. The van der Waals surface area contributed by atoms with E-state index in [2.05, 4.69) is 40.0 Å². The van der Waals surface area contributed by atoms with Gasteiger partial charge in [-0.15, -0.1) is 0 Å². The Kier molecular flexibility index (Phi) is 5.12. The van der Waals surface area contributed by atoms with Crippen molar-refractivity contribution >= 4 is 11.2 Å². The number of benzene rings is 2. The molecule has 5 rings (SSSR count). The summed E-state index contributed by atoms with van der Waals surface area (Å²) >= 11 is 0. The zero-order valence-electron chi connectivity index (χ0n) is 19.1. The monoisotopic (exact) mass is 439 g/mol. The highest BCUT2D eigenvalue weighted by atomic mass is 16.1. The van der Waals surface area contributed by atoms with Gasteiger partial charge in [0, 0.05) is 18.2 Å². The molecule has 2 aromatic carbocycles. The summed E-state index contributed by atoms with van der Waals surface area (Å²) in [7, 11) is 1.88. The van der Waals surface area contributed by atoms with Gasteiger partial charge in [-0.25, -0.2) is 24.4 Å². The molecule has 0 fully saturated rings. The minimum absolute atomic E-state index is 0.207. The van der Waals surface area contributed by atoms with E-state index in [1.165, 1.54) is 5.56 Å². The Labute approximate surface area is 191 Å². The smallest absolute Gasteiger partial charge is 0.303 e. The van der Waals surface area contributed by atoms with Crippen molar-refractivity contribution in [3.05, 3.63) is 82.2 Å². The second kappa shape index (κ2) is 8.12. The first-order valence-corrected chi connectivity index (χ1v) is 10.9. The molecule has 0 bridgehead atoms. The van der Waals surface area contributed by atoms with Gasteiger partial charge in [0.05, 0.1) is 12.7 Å². The molecule has 0 unspecified atom stereocenters. The SMILES string of the molecule is Cc1nc(-c2ccc(Cn3c(=O)[nH]c4cnc(-c5ccccc5C(C)C)nc43)cc2)n(C)n1. The molecule has 0 aliphatic heterocycles. The lowest BCUT2D eigenvalue weighted by atomic mass is 9.97. The third-order valence-electron chi connectivity index (χ3n) is 5.76. The Morgan fingerprint density at radius 1 is 1.03 bits per heavy atom. The molecule has 3 aromatic heterocycles. The molecular weight excluding hydrogens is 414 g/mol. The van der Waals surface area contributed by atoms with Gasteiger partial charge in [0.2, 0.25) is 0 Å². The van der Waals surface area contributed by atoms with E-state index in [0.29, 0.717) is 29.5 Å². The third-order valence-corrected chi connectivity index (χ3v) is 5.76. The molecule has 0 aliphatic carbocycles. The van der Waals surface area contributed by atoms with Crippen molar-refractivity contribution in [2.24, 2.45) is 7.05 Å². The van der Waals surface area contributed by atoms with E-state index in [9.17, 15) is 4.79 Å². The van der Waals surface area contributed by atoms with Crippen LogP contribution in [0.5, 0.6) is 0 Å². The summed E-state index contributed by atoms with van der Waals surface area (Å²) in [6.07, 6.45) is 1.69. The molecular formula is C25H25N7O. The van der Waals surface area contributed by atoms with Crippen LogP contribution >= 0.6 is 0 Å². The lowest BCUT2D eigenvalue weighted by Crippen LogP contribution is -2.17. The number of aromatic nitrogens is 7. The minimum atomic E-state index is -0.207. The average molecular weight is 440 g/mol. The molecule has 0 atom stereocenters. The van der Waals surface area contributed by atoms with E-state index < -0.39 is 0 Å². The maximum Gasteiger partial charge on any atom is 0.328 e. The van der Waals surface area contributed by atoms with Crippen molar-refractivity contribution in [2.45, 2.75) is 33.2 Å². The van der Waals surface area contributed by atoms with Gasteiger partial charge in [0.25, 0.3) is 0 Å². The highest BCUT2D eigenvalue weighted by Crippen LogP contribution is 2.27. The predicted molar refractivity (Wildman–Crippen MR) is 128 cm³/mol. The van der Waals surface area contributed by atoms with Gasteiger partial charge in [-0.1, -0.05) is 62.4 Å². The standard InChI is InChI=1S/C25H25N7O/c1-15(2)19-7-5-6-8-20(19)22-26-13-21-24(29-22)32(25(33)28-21)14-17-9-11-18(12-10-17)23-27-16(3)30-31(23)4/h5-13,15H,14H2,1-4H3,(H,28,33). The zero-order valence-corrected chi connectivity index (χ0v) is 19.1. The number of H-pyrrole nitrogens is 1. The molecule has 33 heavy (non-hydrogen) atoms. The summed E-state index contributed by atoms with van der Waals surface area (Å²) in [5, 5.41) is 4.31. The van der Waals surface area contributed by atoms with Gasteiger partial charge in [-0.3, -0.25) is 4.57 Å². The van der Waals surface area contributed by atoms with E-state index in [-0.39, 0.29) is 5.69 Å². The largest absolute Gasteiger partial charge is 0.328 e. The summed E-state index contributed by atoms with van der Waals surface area (Å²) in [6, 6.07) is 16.1. The number of nitrogens with zero attached hydrogens (tertiary/aromatic N) is 6. The Hall–Kier alpha value is -4.07. The van der Waals surface area contributed by atoms with Crippen LogP contribution < -0.4 is 5.69 Å². The van der Waals surface area contributed by atoms with Gasteiger partial charge in [0.1, 0.15) is 11.3 Å². The number of imidazole rings is 1. The van der Waals surface area contributed by atoms with Crippen LogP contribution in [0.3, 0.4) is 0 Å². The third kappa shape index (κ3) is 3.84. The molecule has 0 spiro atoms. The Morgan fingerprint density at radius 2 is 1.79 bits per heavy atom. The van der Waals surface area contributed by atoms with E-state index in [4.69, 9.17) is 4.98 Å². The molecule has 166 valence electrons. The van der Waals surface area contributed by atoms with Crippen molar-refractivity contribution < 1.29 is 0 Å². The number of aryl methyl sites for hydroxylation is 2. The molecule has 5 aromatic rings. The van der Waals surface area contributed by atoms with Crippen molar-refractivity contribution in [3.63, 3.8) is 0 Å². The molecule has 1 N–H and O–H groups in total. The van der Waals surface area contributed by atoms with Gasteiger partial charge >= 0.3 is 5.69 Å². The summed E-state index contributed by atoms with van der Waals surface area (Å²) < 4.78 is 3.42. The maximum atomic E-state index is 12.7.